The zero-order chi connectivity index (χ0) is 16.4. The van der Waals surface area contributed by atoms with E-state index < -0.39 is 5.41 Å². The number of carbonyl (C=O) groups is 1. The number of hydrogen-bond acceptors (Lipinski definition) is 2. The van der Waals surface area contributed by atoms with Crippen LogP contribution < -0.4 is 0 Å². The quantitative estimate of drug-likeness (QED) is 0.389. The van der Waals surface area contributed by atoms with Gasteiger partial charge in [-0.2, -0.15) is 0 Å². The Balaban J connectivity index is 0.00000156. The molecule has 0 aliphatic heterocycles. The van der Waals surface area contributed by atoms with Gasteiger partial charge in [0.2, 0.25) is 0 Å². The zero-order valence-electron chi connectivity index (χ0n) is 13.9. The number of carbonyl (C=O) groups excluding carboxylic acids is 1. The summed E-state index contributed by atoms with van der Waals surface area (Å²) in [6.07, 6.45) is 0.766. The van der Waals surface area contributed by atoms with Crippen molar-refractivity contribution in [2.75, 3.05) is 0 Å². The van der Waals surface area contributed by atoms with Gasteiger partial charge in [-0.05, 0) is 47.9 Å². The van der Waals surface area contributed by atoms with Gasteiger partial charge in [-0.25, -0.2) is 0 Å². The monoisotopic (exact) mass is 338 g/mol. The van der Waals surface area contributed by atoms with Crippen molar-refractivity contribution in [2.45, 2.75) is 48.7 Å². The standard InChI is InChI=1S/C21H22O2.2CH4/c1-4-21(2,3)20(22)23-14-19-17-11-7-5-9-15(17)13-16-10-6-8-12-18(16)19;;/h5-13H,4,14H2,1-3H3;2*1H4. The van der Waals surface area contributed by atoms with Gasteiger partial charge in [-0.3, -0.25) is 4.79 Å². The van der Waals surface area contributed by atoms with Gasteiger partial charge in [0.05, 0.1) is 5.41 Å². The molecular weight excluding hydrogens is 308 g/mol. The summed E-state index contributed by atoms with van der Waals surface area (Å²) in [5.41, 5.74) is 0.638. The van der Waals surface area contributed by atoms with Gasteiger partial charge in [0.15, 0.2) is 0 Å². The lowest BCUT2D eigenvalue weighted by molar-refractivity contribution is -0.155. The van der Waals surface area contributed by atoms with E-state index in [1.807, 2.05) is 45.0 Å². The maximum absolute atomic E-state index is 12.3. The molecule has 3 aromatic carbocycles. The summed E-state index contributed by atoms with van der Waals surface area (Å²) < 4.78 is 5.66. The third-order valence-electron chi connectivity index (χ3n) is 4.67. The molecule has 0 saturated carbocycles. The first kappa shape index (κ1) is 20.7. The molecule has 0 N–H and O–H groups in total. The topological polar surface area (TPSA) is 26.3 Å². The molecule has 0 saturated heterocycles. The van der Waals surface area contributed by atoms with Gasteiger partial charge in [-0.1, -0.05) is 70.3 Å². The van der Waals surface area contributed by atoms with Gasteiger partial charge < -0.3 is 4.74 Å². The minimum Gasteiger partial charge on any atom is -0.460 e. The normalized spacial score (nSPS) is 10.8. The Morgan fingerprint density at radius 1 is 0.920 bits per heavy atom. The summed E-state index contributed by atoms with van der Waals surface area (Å²) in [5.74, 6) is -0.142. The lowest BCUT2D eigenvalue weighted by Crippen LogP contribution is -2.25. The average molecular weight is 338 g/mol. The highest BCUT2D eigenvalue weighted by atomic mass is 16.5. The predicted octanol–water partition coefficient (Wildman–Crippen LogP) is 6.74. The Bertz CT molecular complexity index is 808. The second-order valence-electron chi connectivity index (χ2n) is 6.61. The first-order valence-electron chi connectivity index (χ1n) is 8.09. The van der Waals surface area contributed by atoms with E-state index in [9.17, 15) is 4.79 Å². The number of hydrogen-bond donors (Lipinski definition) is 0. The van der Waals surface area contributed by atoms with Crippen LogP contribution in [0.1, 0.15) is 47.6 Å². The second-order valence-corrected chi connectivity index (χ2v) is 6.61. The number of ether oxygens (including phenoxy) is 1. The molecule has 0 aliphatic carbocycles. The van der Waals surface area contributed by atoms with Crippen molar-refractivity contribution in [1.82, 2.24) is 0 Å². The molecule has 0 atom stereocenters. The highest BCUT2D eigenvalue weighted by molar-refractivity contribution is 6.02. The van der Waals surface area contributed by atoms with Gasteiger partial charge in [-0.15, -0.1) is 0 Å². The molecule has 0 aliphatic rings. The molecule has 25 heavy (non-hydrogen) atoms. The van der Waals surface area contributed by atoms with Crippen LogP contribution in [0.2, 0.25) is 0 Å². The summed E-state index contributed by atoms with van der Waals surface area (Å²) in [6.45, 7) is 6.17. The fourth-order valence-electron chi connectivity index (χ4n) is 2.74. The van der Waals surface area contributed by atoms with Gasteiger partial charge in [0.25, 0.3) is 0 Å². The van der Waals surface area contributed by atoms with Crippen molar-refractivity contribution in [3.63, 3.8) is 0 Å². The number of esters is 1. The molecule has 0 bridgehead atoms. The molecule has 0 spiro atoms. The first-order chi connectivity index (χ1) is 11.0. The van der Waals surface area contributed by atoms with Crippen molar-refractivity contribution in [1.29, 1.82) is 0 Å². The van der Waals surface area contributed by atoms with Crippen LogP contribution in [-0.2, 0) is 16.1 Å². The number of benzene rings is 3. The van der Waals surface area contributed by atoms with Crippen LogP contribution in [0.25, 0.3) is 21.5 Å². The molecule has 134 valence electrons. The molecule has 0 radical (unpaired) electrons. The van der Waals surface area contributed by atoms with Crippen LogP contribution >= 0.6 is 0 Å². The Hall–Kier alpha value is -2.35. The second kappa shape index (κ2) is 8.15. The lowest BCUT2D eigenvalue weighted by atomic mass is 9.90. The molecule has 0 unspecified atom stereocenters. The van der Waals surface area contributed by atoms with E-state index in [4.69, 9.17) is 4.74 Å². The van der Waals surface area contributed by atoms with Crippen molar-refractivity contribution >= 4 is 27.5 Å². The molecule has 3 rings (SSSR count). The maximum atomic E-state index is 12.3. The maximum Gasteiger partial charge on any atom is 0.311 e. The Morgan fingerprint density at radius 2 is 1.40 bits per heavy atom. The number of fused-ring (bicyclic) bond motifs is 2. The minimum absolute atomic E-state index is 0. The SMILES string of the molecule is C.C.CCC(C)(C)C(=O)OCc1c2ccccc2cc2ccccc12. The third kappa shape index (κ3) is 4.01. The van der Waals surface area contributed by atoms with Crippen molar-refractivity contribution < 1.29 is 9.53 Å². The largest absolute Gasteiger partial charge is 0.460 e. The van der Waals surface area contributed by atoms with Crippen LogP contribution in [0.4, 0.5) is 0 Å². The Labute approximate surface area is 151 Å². The van der Waals surface area contributed by atoms with Crippen LogP contribution in [-0.4, -0.2) is 5.97 Å². The highest BCUT2D eigenvalue weighted by Crippen LogP contribution is 2.30. The molecule has 0 heterocycles. The van der Waals surface area contributed by atoms with E-state index in [-0.39, 0.29) is 20.8 Å². The third-order valence-corrected chi connectivity index (χ3v) is 4.67. The van der Waals surface area contributed by atoms with Crippen LogP contribution in [0.5, 0.6) is 0 Å². The average Bonchev–Trinajstić information content (AvgIpc) is 2.58. The van der Waals surface area contributed by atoms with E-state index in [0.717, 1.165) is 22.8 Å². The van der Waals surface area contributed by atoms with Crippen LogP contribution in [0.3, 0.4) is 0 Å². The van der Waals surface area contributed by atoms with Gasteiger partial charge in [0, 0.05) is 5.56 Å². The van der Waals surface area contributed by atoms with Gasteiger partial charge >= 0.3 is 5.97 Å². The number of rotatable bonds is 4. The van der Waals surface area contributed by atoms with Gasteiger partial charge in [0.1, 0.15) is 6.61 Å². The fraction of sp³-hybridized carbons (Fsp3) is 0.348. The van der Waals surface area contributed by atoms with Crippen LogP contribution in [0, 0.1) is 5.41 Å². The fourth-order valence-corrected chi connectivity index (χ4v) is 2.74. The summed E-state index contributed by atoms with van der Waals surface area (Å²) in [4.78, 5) is 12.3. The lowest BCUT2D eigenvalue weighted by Gasteiger charge is -2.21. The van der Waals surface area contributed by atoms with Crippen LogP contribution in [0.15, 0.2) is 54.6 Å². The summed E-state index contributed by atoms with van der Waals surface area (Å²) in [5, 5.41) is 4.64. The molecule has 0 fully saturated rings. The Morgan fingerprint density at radius 3 is 1.88 bits per heavy atom. The molecular formula is C23H30O2. The predicted molar refractivity (Wildman–Crippen MR) is 109 cm³/mol. The molecule has 2 heteroatoms. The van der Waals surface area contributed by atoms with Crippen molar-refractivity contribution in [3.8, 4) is 0 Å². The summed E-state index contributed by atoms with van der Waals surface area (Å²) in [7, 11) is 0. The molecule has 3 aromatic rings. The van der Waals surface area contributed by atoms with E-state index in [0.29, 0.717) is 6.61 Å². The van der Waals surface area contributed by atoms with E-state index >= 15 is 0 Å². The van der Waals surface area contributed by atoms with E-state index in [1.54, 1.807) is 0 Å². The summed E-state index contributed by atoms with van der Waals surface area (Å²) >= 11 is 0. The molecule has 0 aromatic heterocycles. The first-order valence-corrected chi connectivity index (χ1v) is 8.09. The van der Waals surface area contributed by atoms with E-state index in [2.05, 4.69) is 30.3 Å². The minimum atomic E-state index is -0.444. The summed E-state index contributed by atoms with van der Waals surface area (Å²) in [6, 6.07) is 18.7. The smallest absolute Gasteiger partial charge is 0.311 e. The van der Waals surface area contributed by atoms with Crippen molar-refractivity contribution in [3.05, 3.63) is 60.2 Å². The molecule has 0 amide bonds. The molecule has 2 nitrogen and oxygen atoms in total. The highest BCUT2D eigenvalue weighted by Gasteiger charge is 2.27. The van der Waals surface area contributed by atoms with Crippen molar-refractivity contribution in [2.24, 2.45) is 5.41 Å². The zero-order valence-corrected chi connectivity index (χ0v) is 13.9. The van der Waals surface area contributed by atoms with E-state index in [1.165, 1.54) is 10.8 Å². The Kier molecular flexibility index (Phi) is 6.75.